The van der Waals surface area contributed by atoms with Crippen molar-refractivity contribution in [3.63, 3.8) is 0 Å². The van der Waals surface area contributed by atoms with Gasteiger partial charge in [0.25, 0.3) is 0 Å². The number of anilines is 2. The Labute approximate surface area is 169 Å². The first-order valence-corrected chi connectivity index (χ1v) is 9.62. The van der Waals surface area contributed by atoms with Gasteiger partial charge in [0, 0.05) is 37.9 Å². The van der Waals surface area contributed by atoms with Crippen LogP contribution in [0.4, 0.5) is 11.6 Å². The Balaban J connectivity index is 1.34. The summed E-state index contributed by atoms with van der Waals surface area (Å²) in [5.41, 5.74) is 3.76. The Morgan fingerprint density at radius 1 is 1.07 bits per heavy atom. The summed E-state index contributed by atoms with van der Waals surface area (Å²) in [6.07, 6.45) is 5.02. The maximum atomic E-state index is 12.2. The lowest BCUT2D eigenvalue weighted by Crippen LogP contribution is -2.49. The van der Waals surface area contributed by atoms with E-state index in [4.69, 9.17) is 4.98 Å². The number of piperazine rings is 1. The van der Waals surface area contributed by atoms with Gasteiger partial charge >= 0.3 is 0 Å². The lowest BCUT2D eigenvalue weighted by atomic mass is 10.1. The molecule has 0 spiro atoms. The molecular formula is C21H23N7O. The zero-order chi connectivity index (χ0) is 20.1. The summed E-state index contributed by atoms with van der Waals surface area (Å²) in [5.74, 6) is 0.594. The molecule has 0 radical (unpaired) electrons. The van der Waals surface area contributed by atoms with Gasteiger partial charge in [-0.05, 0) is 24.6 Å². The molecule has 1 fully saturated rings. The second kappa shape index (κ2) is 8.74. The number of carbonyl (C=O) groups excluding carboxylic acids is 1. The molecule has 4 rings (SSSR count). The third kappa shape index (κ3) is 4.72. The topological polar surface area (TPSA) is 87.1 Å². The van der Waals surface area contributed by atoms with E-state index in [9.17, 15) is 4.79 Å². The maximum absolute atomic E-state index is 12.2. The molecule has 148 valence electrons. The summed E-state index contributed by atoms with van der Waals surface area (Å²) < 4.78 is 0. The van der Waals surface area contributed by atoms with E-state index < -0.39 is 0 Å². The normalized spacial score (nSPS) is 14.6. The summed E-state index contributed by atoms with van der Waals surface area (Å²) >= 11 is 0. The molecule has 1 N–H and O–H groups in total. The molecule has 1 aliphatic heterocycles. The van der Waals surface area contributed by atoms with Crippen LogP contribution in [0.2, 0.25) is 0 Å². The van der Waals surface area contributed by atoms with Gasteiger partial charge < -0.3 is 10.2 Å². The average molecular weight is 389 g/mol. The largest absolute Gasteiger partial charge is 0.337 e. The third-order valence-electron chi connectivity index (χ3n) is 4.94. The van der Waals surface area contributed by atoms with E-state index in [1.165, 1.54) is 0 Å². The first-order chi connectivity index (χ1) is 14.2. The van der Waals surface area contributed by atoms with Crippen LogP contribution in [0.25, 0.3) is 11.3 Å². The molecular weight excluding hydrogens is 366 g/mol. The van der Waals surface area contributed by atoms with Crippen molar-refractivity contribution in [1.82, 2.24) is 25.1 Å². The second-order valence-corrected chi connectivity index (χ2v) is 7.01. The van der Waals surface area contributed by atoms with Gasteiger partial charge in [0.15, 0.2) is 0 Å². The van der Waals surface area contributed by atoms with Crippen molar-refractivity contribution >= 4 is 17.5 Å². The zero-order valence-electron chi connectivity index (χ0n) is 16.3. The van der Waals surface area contributed by atoms with Crippen LogP contribution in [0.15, 0.2) is 55.0 Å². The average Bonchev–Trinajstić information content (AvgIpc) is 2.75. The lowest BCUT2D eigenvalue weighted by Gasteiger charge is -2.34. The van der Waals surface area contributed by atoms with Gasteiger partial charge in [-0.15, -0.1) is 5.10 Å². The van der Waals surface area contributed by atoms with Crippen molar-refractivity contribution in [1.29, 1.82) is 0 Å². The van der Waals surface area contributed by atoms with Crippen LogP contribution in [0.3, 0.4) is 0 Å². The molecule has 1 saturated heterocycles. The van der Waals surface area contributed by atoms with Gasteiger partial charge in [0.05, 0.1) is 30.3 Å². The summed E-state index contributed by atoms with van der Waals surface area (Å²) in [5, 5.41) is 11.2. The number of aromatic nitrogens is 4. The number of amides is 1. The van der Waals surface area contributed by atoms with Crippen LogP contribution in [0, 0.1) is 6.92 Å². The zero-order valence-corrected chi connectivity index (χ0v) is 16.3. The van der Waals surface area contributed by atoms with Gasteiger partial charge in [0.2, 0.25) is 11.9 Å². The molecule has 3 heterocycles. The van der Waals surface area contributed by atoms with Crippen molar-refractivity contribution in [2.75, 3.05) is 42.9 Å². The van der Waals surface area contributed by atoms with E-state index in [1.807, 2.05) is 24.3 Å². The molecule has 0 saturated carbocycles. The van der Waals surface area contributed by atoms with Crippen molar-refractivity contribution in [2.45, 2.75) is 6.92 Å². The Bertz CT molecular complexity index is 972. The maximum Gasteiger partial charge on any atom is 0.245 e. The third-order valence-corrected chi connectivity index (χ3v) is 4.94. The molecule has 8 heteroatoms. The Kier molecular flexibility index (Phi) is 5.71. The van der Waals surface area contributed by atoms with Crippen molar-refractivity contribution in [2.24, 2.45) is 0 Å². The summed E-state index contributed by atoms with van der Waals surface area (Å²) in [6, 6.07) is 11.7. The number of pyridine rings is 1. The van der Waals surface area contributed by atoms with E-state index in [2.05, 4.69) is 43.3 Å². The number of aryl methyl sites for hydroxylation is 1. The predicted molar refractivity (Wildman–Crippen MR) is 112 cm³/mol. The van der Waals surface area contributed by atoms with E-state index in [0.717, 1.165) is 43.0 Å². The summed E-state index contributed by atoms with van der Waals surface area (Å²) in [4.78, 5) is 25.2. The number of carbonyl (C=O) groups is 1. The fourth-order valence-electron chi connectivity index (χ4n) is 3.36. The first kappa shape index (κ1) is 18.9. The van der Waals surface area contributed by atoms with Crippen LogP contribution in [0.1, 0.15) is 5.56 Å². The molecule has 8 nitrogen and oxygen atoms in total. The minimum atomic E-state index is -0.0362. The minimum Gasteiger partial charge on any atom is -0.337 e. The van der Waals surface area contributed by atoms with Gasteiger partial charge in [-0.3, -0.25) is 14.7 Å². The van der Waals surface area contributed by atoms with E-state index >= 15 is 0 Å². The van der Waals surface area contributed by atoms with Gasteiger partial charge in [-0.1, -0.05) is 24.3 Å². The monoisotopic (exact) mass is 389 g/mol. The molecule has 1 aliphatic rings. The molecule has 0 aliphatic carbocycles. The highest BCUT2D eigenvalue weighted by Crippen LogP contribution is 2.22. The number of hydrogen-bond donors (Lipinski definition) is 1. The Morgan fingerprint density at radius 2 is 1.90 bits per heavy atom. The quantitative estimate of drug-likeness (QED) is 0.714. The van der Waals surface area contributed by atoms with Crippen LogP contribution < -0.4 is 10.2 Å². The van der Waals surface area contributed by atoms with Crippen LogP contribution in [-0.4, -0.2) is 63.7 Å². The number of nitrogens with zero attached hydrogens (tertiary/aromatic N) is 6. The molecule has 2 aromatic heterocycles. The van der Waals surface area contributed by atoms with Crippen molar-refractivity contribution in [3.8, 4) is 11.3 Å². The SMILES string of the molecule is Cc1ccccc1-c1cnnc(N2CCN(CC(=O)Nc3cccnc3)CC2)n1. The van der Waals surface area contributed by atoms with Crippen molar-refractivity contribution in [3.05, 3.63) is 60.6 Å². The molecule has 0 atom stereocenters. The molecule has 1 aromatic carbocycles. The second-order valence-electron chi connectivity index (χ2n) is 7.01. The highest BCUT2D eigenvalue weighted by Gasteiger charge is 2.21. The van der Waals surface area contributed by atoms with Crippen molar-refractivity contribution < 1.29 is 4.79 Å². The molecule has 3 aromatic rings. The summed E-state index contributed by atoms with van der Waals surface area (Å²) in [6.45, 7) is 5.44. The predicted octanol–water partition coefficient (Wildman–Crippen LogP) is 2.00. The molecule has 1 amide bonds. The van der Waals surface area contributed by atoms with E-state index in [1.54, 1.807) is 24.7 Å². The van der Waals surface area contributed by atoms with Crippen LogP contribution in [-0.2, 0) is 4.79 Å². The van der Waals surface area contributed by atoms with Gasteiger partial charge in [-0.2, -0.15) is 5.10 Å². The van der Waals surface area contributed by atoms with Crippen LogP contribution >= 0.6 is 0 Å². The van der Waals surface area contributed by atoms with Gasteiger partial charge in [0.1, 0.15) is 0 Å². The molecule has 0 unspecified atom stereocenters. The van der Waals surface area contributed by atoms with Crippen LogP contribution in [0.5, 0.6) is 0 Å². The minimum absolute atomic E-state index is 0.0362. The smallest absolute Gasteiger partial charge is 0.245 e. The molecule has 0 bridgehead atoms. The number of hydrogen-bond acceptors (Lipinski definition) is 7. The first-order valence-electron chi connectivity index (χ1n) is 9.62. The van der Waals surface area contributed by atoms with Gasteiger partial charge in [-0.25, -0.2) is 4.98 Å². The summed E-state index contributed by atoms with van der Waals surface area (Å²) in [7, 11) is 0. The Morgan fingerprint density at radius 3 is 2.66 bits per heavy atom. The van der Waals surface area contributed by atoms with E-state index in [0.29, 0.717) is 18.2 Å². The lowest BCUT2D eigenvalue weighted by molar-refractivity contribution is -0.117. The fourth-order valence-corrected chi connectivity index (χ4v) is 3.36. The standard InChI is InChI=1S/C21H23N7O/c1-16-5-2-3-7-18(16)19-14-23-26-21(25-19)28-11-9-27(10-12-28)15-20(29)24-17-6-4-8-22-13-17/h2-8,13-14H,9-12,15H2,1H3,(H,24,29). The number of nitrogens with one attached hydrogen (secondary N) is 1. The Hall–Kier alpha value is -3.39. The molecule has 29 heavy (non-hydrogen) atoms. The van der Waals surface area contributed by atoms with E-state index in [-0.39, 0.29) is 5.91 Å². The number of rotatable bonds is 5. The fraction of sp³-hybridized carbons (Fsp3) is 0.286. The highest BCUT2D eigenvalue weighted by molar-refractivity contribution is 5.92. The number of benzene rings is 1. The highest BCUT2D eigenvalue weighted by atomic mass is 16.2.